The molecule has 2 aromatic carbocycles. The van der Waals surface area contributed by atoms with E-state index in [1.807, 2.05) is 30.3 Å². The van der Waals surface area contributed by atoms with Crippen molar-refractivity contribution in [1.29, 1.82) is 0 Å². The fourth-order valence-electron chi connectivity index (χ4n) is 2.80. The fourth-order valence-corrected chi connectivity index (χ4v) is 3.57. The first-order valence-electron chi connectivity index (χ1n) is 9.86. The Kier molecular flexibility index (Phi) is 8.94. The van der Waals surface area contributed by atoms with E-state index in [1.165, 1.54) is 12.3 Å². The lowest BCUT2D eigenvalue weighted by Gasteiger charge is -2.21. The van der Waals surface area contributed by atoms with Crippen LogP contribution in [0, 0.1) is 0 Å². The van der Waals surface area contributed by atoms with Crippen LogP contribution in [0.1, 0.15) is 18.2 Å². The topological polar surface area (TPSA) is 92.9 Å². The maximum absolute atomic E-state index is 12.8. The van der Waals surface area contributed by atoms with Gasteiger partial charge in [0.2, 0.25) is 0 Å². The average molecular weight is 553 g/mol. The maximum Gasteiger partial charge on any atom is 0.262 e. The van der Waals surface area contributed by atoms with Crippen LogP contribution in [0.5, 0.6) is 5.75 Å². The van der Waals surface area contributed by atoms with E-state index in [9.17, 15) is 9.59 Å². The summed E-state index contributed by atoms with van der Waals surface area (Å²) in [6.07, 6.45) is 0.700. The first kappa shape index (κ1) is 24.8. The molecule has 0 bridgehead atoms. The molecule has 0 radical (unpaired) electrons. The standard InChI is InChI=1S/C23H20BrCl2N3O4/c1-14(32-20-9-7-16(25)12-18(20)26)22(30)28-19(11-15-5-3-2-4-6-15)23(31)29-27-13-17-8-10-21(24)33-17/h2-10,12-14,19H,11H2,1H3,(H,28,30)(H,29,31)/b27-13-/t14-,19+/m1/s1. The number of carbonyl (C=O) groups excluding carboxylic acids is 2. The molecule has 0 aliphatic carbocycles. The minimum absolute atomic E-state index is 0.259. The molecule has 1 aromatic heterocycles. The number of hydrogen-bond donors (Lipinski definition) is 2. The number of nitrogens with zero attached hydrogens (tertiary/aromatic N) is 1. The van der Waals surface area contributed by atoms with Gasteiger partial charge in [0.15, 0.2) is 10.8 Å². The molecule has 2 amide bonds. The molecule has 172 valence electrons. The second-order valence-electron chi connectivity index (χ2n) is 6.96. The van der Waals surface area contributed by atoms with Crippen molar-refractivity contribution >= 4 is 57.2 Å². The van der Waals surface area contributed by atoms with Crippen molar-refractivity contribution in [3.63, 3.8) is 0 Å². The Hall–Kier alpha value is -2.81. The molecule has 0 spiro atoms. The van der Waals surface area contributed by atoms with Crippen LogP contribution in [-0.4, -0.2) is 30.2 Å². The number of amides is 2. The highest BCUT2D eigenvalue weighted by molar-refractivity contribution is 9.10. The zero-order valence-electron chi connectivity index (χ0n) is 17.4. The molecular weight excluding hydrogens is 533 g/mol. The summed E-state index contributed by atoms with van der Waals surface area (Å²) in [5, 5.41) is 7.35. The van der Waals surface area contributed by atoms with Gasteiger partial charge in [0, 0.05) is 11.4 Å². The molecule has 7 nitrogen and oxygen atoms in total. The average Bonchev–Trinajstić information content (AvgIpc) is 3.20. The molecule has 2 atom stereocenters. The molecule has 1 heterocycles. The van der Waals surface area contributed by atoms with Crippen molar-refractivity contribution in [3.8, 4) is 5.75 Å². The van der Waals surface area contributed by atoms with E-state index in [1.54, 1.807) is 31.2 Å². The Balaban J connectivity index is 1.67. The van der Waals surface area contributed by atoms with Gasteiger partial charge in [0.25, 0.3) is 11.8 Å². The molecule has 10 heteroatoms. The summed E-state index contributed by atoms with van der Waals surface area (Å²) >= 11 is 15.2. The molecule has 0 unspecified atom stereocenters. The van der Waals surface area contributed by atoms with Crippen LogP contribution in [0.2, 0.25) is 10.0 Å². The number of benzene rings is 2. The highest BCUT2D eigenvalue weighted by Crippen LogP contribution is 2.28. The molecule has 0 aliphatic rings. The van der Waals surface area contributed by atoms with Crippen molar-refractivity contribution in [1.82, 2.24) is 10.7 Å². The van der Waals surface area contributed by atoms with Crippen molar-refractivity contribution in [2.75, 3.05) is 0 Å². The SMILES string of the molecule is C[C@@H](Oc1ccc(Cl)cc1Cl)C(=O)N[C@@H](Cc1ccccc1)C(=O)N/N=C\c1ccc(Br)o1. The Morgan fingerprint density at radius 2 is 1.88 bits per heavy atom. The molecule has 0 aliphatic heterocycles. The zero-order valence-corrected chi connectivity index (χ0v) is 20.5. The summed E-state index contributed by atoms with van der Waals surface area (Å²) in [6.45, 7) is 1.56. The molecule has 0 saturated heterocycles. The lowest BCUT2D eigenvalue weighted by molar-refractivity contribution is -0.132. The molecule has 2 N–H and O–H groups in total. The molecule has 0 saturated carbocycles. The Morgan fingerprint density at radius 3 is 2.55 bits per heavy atom. The van der Waals surface area contributed by atoms with E-state index in [4.69, 9.17) is 32.4 Å². The van der Waals surface area contributed by atoms with Crippen LogP contribution in [0.15, 0.2) is 74.9 Å². The maximum atomic E-state index is 12.8. The fraction of sp³-hybridized carbons (Fsp3) is 0.174. The molecule has 3 rings (SSSR count). The predicted octanol–water partition coefficient (Wildman–Crippen LogP) is 4.99. The normalized spacial score (nSPS) is 12.8. The van der Waals surface area contributed by atoms with Gasteiger partial charge in [-0.15, -0.1) is 0 Å². The van der Waals surface area contributed by atoms with Crippen LogP contribution >= 0.6 is 39.1 Å². The Morgan fingerprint density at radius 1 is 1.12 bits per heavy atom. The minimum atomic E-state index is -0.918. The van der Waals surface area contributed by atoms with E-state index < -0.39 is 24.0 Å². The Labute approximate surface area is 209 Å². The summed E-state index contributed by atoms with van der Waals surface area (Å²) in [5.41, 5.74) is 3.30. The third-order valence-electron chi connectivity index (χ3n) is 4.44. The van der Waals surface area contributed by atoms with E-state index >= 15 is 0 Å². The third-order valence-corrected chi connectivity index (χ3v) is 5.40. The number of furan rings is 1. The summed E-state index contributed by atoms with van der Waals surface area (Å²) in [7, 11) is 0. The van der Waals surface area contributed by atoms with Gasteiger partial charge in [-0.05, 0) is 58.7 Å². The van der Waals surface area contributed by atoms with Gasteiger partial charge in [-0.1, -0.05) is 53.5 Å². The van der Waals surface area contributed by atoms with Crippen LogP contribution in [0.4, 0.5) is 0 Å². The number of rotatable bonds is 9. The van der Waals surface area contributed by atoms with E-state index in [0.717, 1.165) is 5.56 Å². The largest absolute Gasteiger partial charge is 0.479 e. The third kappa shape index (κ3) is 7.63. The summed E-state index contributed by atoms with van der Waals surface area (Å²) in [6, 6.07) is 16.5. The van der Waals surface area contributed by atoms with Gasteiger partial charge in [-0.2, -0.15) is 5.10 Å². The van der Waals surface area contributed by atoms with E-state index in [0.29, 0.717) is 21.2 Å². The first-order chi connectivity index (χ1) is 15.8. The van der Waals surface area contributed by atoms with Gasteiger partial charge < -0.3 is 14.5 Å². The van der Waals surface area contributed by atoms with Gasteiger partial charge in [-0.25, -0.2) is 5.43 Å². The smallest absolute Gasteiger partial charge is 0.262 e. The number of hydrazone groups is 1. The zero-order chi connectivity index (χ0) is 23.8. The van der Waals surface area contributed by atoms with Gasteiger partial charge in [0.1, 0.15) is 17.6 Å². The molecular formula is C23H20BrCl2N3O4. The Bertz CT molecular complexity index is 1140. The molecule has 3 aromatic rings. The van der Waals surface area contributed by atoms with Gasteiger partial charge >= 0.3 is 0 Å². The summed E-state index contributed by atoms with van der Waals surface area (Å²) in [4.78, 5) is 25.6. The minimum Gasteiger partial charge on any atom is -0.479 e. The molecule has 0 fully saturated rings. The van der Waals surface area contributed by atoms with Crippen molar-refractivity contribution < 1.29 is 18.7 Å². The monoisotopic (exact) mass is 551 g/mol. The number of hydrogen-bond acceptors (Lipinski definition) is 5. The second-order valence-corrected chi connectivity index (χ2v) is 8.59. The first-order valence-corrected chi connectivity index (χ1v) is 11.4. The highest BCUT2D eigenvalue weighted by atomic mass is 79.9. The summed E-state index contributed by atoms with van der Waals surface area (Å²) < 4.78 is 11.5. The van der Waals surface area contributed by atoms with Crippen LogP contribution < -0.4 is 15.5 Å². The molecule has 33 heavy (non-hydrogen) atoms. The van der Waals surface area contributed by atoms with Gasteiger partial charge in [0.05, 0.1) is 11.2 Å². The van der Waals surface area contributed by atoms with E-state index in [-0.39, 0.29) is 11.4 Å². The van der Waals surface area contributed by atoms with Gasteiger partial charge in [-0.3, -0.25) is 9.59 Å². The van der Waals surface area contributed by atoms with Crippen LogP contribution in [0.25, 0.3) is 0 Å². The van der Waals surface area contributed by atoms with Crippen molar-refractivity contribution in [3.05, 3.63) is 86.7 Å². The second kappa shape index (κ2) is 11.9. The van der Waals surface area contributed by atoms with Crippen molar-refractivity contribution in [2.45, 2.75) is 25.5 Å². The van der Waals surface area contributed by atoms with Crippen LogP contribution in [-0.2, 0) is 16.0 Å². The predicted molar refractivity (Wildman–Crippen MR) is 131 cm³/mol. The van der Waals surface area contributed by atoms with Crippen LogP contribution in [0.3, 0.4) is 0 Å². The summed E-state index contributed by atoms with van der Waals surface area (Å²) in [5.74, 6) is -0.225. The number of carbonyl (C=O) groups is 2. The number of halogens is 3. The highest BCUT2D eigenvalue weighted by Gasteiger charge is 2.25. The lowest BCUT2D eigenvalue weighted by Crippen LogP contribution is -2.50. The number of nitrogens with one attached hydrogen (secondary N) is 2. The van der Waals surface area contributed by atoms with E-state index in [2.05, 4.69) is 31.8 Å². The number of ether oxygens (including phenoxy) is 1. The quantitative estimate of drug-likeness (QED) is 0.289. The van der Waals surface area contributed by atoms with Crippen molar-refractivity contribution in [2.24, 2.45) is 5.10 Å². The lowest BCUT2D eigenvalue weighted by atomic mass is 10.1.